The maximum Gasteiger partial charge on any atom is -0.00989 e. The lowest BCUT2D eigenvalue weighted by atomic mass is 9.97. The van der Waals surface area contributed by atoms with E-state index in [1.807, 2.05) is 27.7 Å². The maximum absolute atomic E-state index is 2.31. The van der Waals surface area contributed by atoms with E-state index in [9.17, 15) is 0 Å². The number of hydrogen-bond donors (Lipinski definition) is 0. The van der Waals surface area contributed by atoms with Crippen molar-refractivity contribution in [2.45, 2.75) is 41.5 Å². The molecule has 0 nitrogen and oxygen atoms in total. The summed E-state index contributed by atoms with van der Waals surface area (Å²) >= 11 is 0. The lowest BCUT2D eigenvalue weighted by Crippen LogP contribution is -1.81. The van der Waals surface area contributed by atoms with Gasteiger partial charge >= 0.3 is 0 Å². The number of hydrogen-bond acceptors (Lipinski definition) is 0. The van der Waals surface area contributed by atoms with Gasteiger partial charge in [0, 0.05) is 0 Å². The number of benzene rings is 8. The summed E-state index contributed by atoms with van der Waals surface area (Å²) in [5.41, 5.74) is 2.63. The Morgan fingerprint density at radius 1 is 0.262 bits per heavy atom. The van der Waals surface area contributed by atoms with Gasteiger partial charge in [0.05, 0.1) is 0 Å². The van der Waals surface area contributed by atoms with Crippen LogP contribution in [0.5, 0.6) is 0 Å². The second-order valence-electron chi connectivity index (χ2n) is 10.4. The van der Waals surface area contributed by atoms with Gasteiger partial charge in [-0.15, -0.1) is 0 Å². The van der Waals surface area contributed by atoms with E-state index in [-0.39, 0.29) is 0 Å². The number of rotatable bonds is 0. The first-order chi connectivity index (χ1) is 20.6. The van der Waals surface area contributed by atoms with E-state index in [1.54, 1.807) is 0 Å². The second kappa shape index (κ2) is 12.9. The standard InChI is InChI=1S/2C19H14.2C2H6/c1-13-6-9-18-16(10-13)7-8-17-11-14-4-2-3-5-15(14)12-19(17)18;1-13-6-7-14-8-9-17-11-15-4-2-3-5-16(15)12-19(17)18(14)10-13;2*1-2/h2*2-12H,1H3;2*1-2H3. The Bertz CT molecular complexity index is 2150. The van der Waals surface area contributed by atoms with Crippen molar-refractivity contribution in [3.63, 3.8) is 0 Å². The van der Waals surface area contributed by atoms with Crippen LogP contribution < -0.4 is 0 Å². The fraction of sp³-hybridized carbons (Fsp3) is 0.143. The zero-order chi connectivity index (χ0) is 29.6. The fourth-order valence-electron chi connectivity index (χ4n) is 5.73. The molecular formula is C42H40. The van der Waals surface area contributed by atoms with Gasteiger partial charge in [0.15, 0.2) is 0 Å². The molecular weight excluding hydrogens is 504 g/mol. The van der Waals surface area contributed by atoms with Crippen LogP contribution in [-0.2, 0) is 0 Å². The number of aryl methyl sites for hydroxylation is 2. The highest BCUT2D eigenvalue weighted by molar-refractivity contribution is 6.13. The summed E-state index contributed by atoms with van der Waals surface area (Å²) in [6.07, 6.45) is 0. The molecule has 0 saturated carbocycles. The minimum Gasteiger partial charge on any atom is -0.0683 e. The van der Waals surface area contributed by atoms with Crippen molar-refractivity contribution in [1.82, 2.24) is 0 Å². The zero-order valence-corrected chi connectivity index (χ0v) is 25.7. The Morgan fingerprint density at radius 3 is 1.17 bits per heavy atom. The van der Waals surface area contributed by atoms with Crippen molar-refractivity contribution < 1.29 is 0 Å². The molecule has 0 aliphatic carbocycles. The smallest absolute Gasteiger partial charge is 0.00989 e. The van der Waals surface area contributed by atoms with Crippen LogP contribution in [0.4, 0.5) is 0 Å². The molecule has 8 aromatic carbocycles. The minimum absolute atomic E-state index is 1.31. The molecule has 0 spiro atoms. The molecule has 0 saturated heterocycles. The van der Waals surface area contributed by atoms with Crippen molar-refractivity contribution in [3.8, 4) is 0 Å². The minimum atomic E-state index is 1.31. The van der Waals surface area contributed by atoms with Crippen LogP contribution in [0.15, 0.2) is 133 Å². The summed E-state index contributed by atoms with van der Waals surface area (Å²) in [4.78, 5) is 0. The normalized spacial score (nSPS) is 10.6. The maximum atomic E-state index is 2.31. The topological polar surface area (TPSA) is 0 Å². The van der Waals surface area contributed by atoms with Crippen LogP contribution in [0.3, 0.4) is 0 Å². The molecule has 42 heavy (non-hydrogen) atoms. The predicted molar refractivity (Wildman–Crippen MR) is 190 cm³/mol. The number of fused-ring (bicyclic) bond motifs is 8. The Hall–Kier alpha value is -4.68. The second-order valence-corrected chi connectivity index (χ2v) is 10.4. The summed E-state index contributed by atoms with van der Waals surface area (Å²) in [5.74, 6) is 0. The van der Waals surface area contributed by atoms with Crippen LogP contribution >= 0.6 is 0 Å². The lowest BCUT2D eigenvalue weighted by Gasteiger charge is -2.07. The molecule has 0 N–H and O–H groups in total. The molecule has 208 valence electrons. The monoisotopic (exact) mass is 544 g/mol. The SMILES string of the molecule is CC.CC.Cc1ccc2c(ccc3cc4ccccc4cc32)c1.Cc1ccc2ccc3cc4ccccc4cc3c2c1. The molecule has 0 heteroatoms. The third kappa shape index (κ3) is 5.71. The molecule has 0 aliphatic rings. The molecule has 0 aromatic heterocycles. The largest absolute Gasteiger partial charge is 0.0683 e. The summed E-state index contributed by atoms with van der Waals surface area (Å²) in [6, 6.07) is 48.5. The average Bonchev–Trinajstić information content (AvgIpc) is 3.05. The highest BCUT2D eigenvalue weighted by Gasteiger charge is 2.04. The van der Waals surface area contributed by atoms with Crippen molar-refractivity contribution in [2.75, 3.05) is 0 Å². The highest BCUT2D eigenvalue weighted by atomic mass is 14.1. The van der Waals surface area contributed by atoms with E-state index >= 15 is 0 Å². The van der Waals surface area contributed by atoms with Gasteiger partial charge in [0.2, 0.25) is 0 Å². The molecule has 0 aliphatic heterocycles. The van der Waals surface area contributed by atoms with E-state index in [1.165, 1.54) is 75.8 Å². The van der Waals surface area contributed by atoms with Crippen LogP contribution in [0.2, 0.25) is 0 Å². The van der Waals surface area contributed by atoms with Gasteiger partial charge in [-0.1, -0.05) is 148 Å². The van der Waals surface area contributed by atoms with E-state index in [0.29, 0.717) is 0 Å². The highest BCUT2D eigenvalue weighted by Crippen LogP contribution is 2.31. The van der Waals surface area contributed by atoms with Gasteiger partial charge in [0.1, 0.15) is 0 Å². The zero-order valence-electron chi connectivity index (χ0n) is 25.7. The molecule has 0 atom stereocenters. The third-order valence-electron chi connectivity index (χ3n) is 7.72. The lowest BCUT2D eigenvalue weighted by molar-refractivity contribution is 1.50. The molecule has 0 radical (unpaired) electrons. The van der Waals surface area contributed by atoms with E-state index in [4.69, 9.17) is 0 Å². The van der Waals surface area contributed by atoms with E-state index < -0.39 is 0 Å². The van der Waals surface area contributed by atoms with Crippen LogP contribution in [-0.4, -0.2) is 0 Å². The molecule has 0 unspecified atom stereocenters. The summed E-state index contributed by atoms with van der Waals surface area (Å²) in [6.45, 7) is 12.3. The first kappa shape index (κ1) is 28.8. The van der Waals surface area contributed by atoms with E-state index in [2.05, 4.69) is 147 Å². The van der Waals surface area contributed by atoms with Gasteiger partial charge < -0.3 is 0 Å². The van der Waals surface area contributed by atoms with Gasteiger partial charge in [-0.25, -0.2) is 0 Å². The fourth-order valence-corrected chi connectivity index (χ4v) is 5.73. The summed E-state index contributed by atoms with van der Waals surface area (Å²) < 4.78 is 0. The Morgan fingerprint density at radius 2 is 0.619 bits per heavy atom. The molecule has 0 bridgehead atoms. The first-order valence-electron chi connectivity index (χ1n) is 15.3. The van der Waals surface area contributed by atoms with Crippen molar-refractivity contribution in [1.29, 1.82) is 0 Å². The van der Waals surface area contributed by atoms with Crippen LogP contribution in [0.25, 0.3) is 64.6 Å². The Balaban J connectivity index is 0.000000150. The third-order valence-corrected chi connectivity index (χ3v) is 7.72. The molecule has 0 heterocycles. The van der Waals surface area contributed by atoms with E-state index in [0.717, 1.165) is 0 Å². The Kier molecular flexibility index (Phi) is 8.84. The van der Waals surface area contributed by atoms with Gasteiger partial charge in [-0.05, 0) is 103 Å². The first-order valence-corrected chi connectivity index (χ1v) is 15.3. The van der Waals surface area contributed by atoms with Crippen molar-refractivity contribution in [2.24, 2.45) is 0 Å². The van der Waals surface area contributed by atoms with Gasteiger partial charge in [-0.2, -0.15) is 0 Å². The predicted octanol–water partition coefficient (Wildman–Crippen LogP) is 13.0. The van der Waals surface area contributed by atoms with Crippen LogP contribution in [0.1, 0.15) is 38.8 Å². The average molecular weight is 545 g/mol. The Labute approximate surface area is 250 Å². The molecule has 8 aromatic rings. The van der Waals surface area contributed by atoms with Crippen molar-refractivity contribution in [3.05, 3.63) is 145 Å². The van der Waals surface area contributed by atoms with Gasteiger partial charge in [0.25, 0.3) is 0 Å². The summed E-state index contributed by atoms with van der Waals surface area (Å²) in [5, 5.41) is 15.9. The van der Waals surface area contributed by atoms with Crippen molar-refractivity contribution >= 4 is 64.6 Å². The molecule has 0 fully saturated rings. The molecule has 8 rings (SSSR count). The van der Waals surface area contributed by atoms with Crippen LogP contribution in [0, 0.1) is 13.8 Å². The summed E-state index contributed by atoms with van der Waals surface area (Å²) in [7, 11) is 0. The quantitative estimate of drug-likeness (QED) is 0.132. The molecule has 0 amide bonds. The van der Waals surface area contributed by atoms with Gasteiger partial charge in [-0.3, -0.25) is 0 Å².